The van der Waals surface area contributed by atoms with E-state index in [1.165, 1.54) is 0 Å². The lowest BCUT2D eigenvalue weighted by Crippen LogP contribution is -2.43. The maximum absolute atomic E-state index is 9.03. The summed E-state index contributed by atoms with van der Waals surface area (Å²) < 4.78 is 0. The predicted molar refractivity (Wildman–Crippen MR) is 39.1 cm³/mol. The van der Waals surface area contributed by atoms with Crippen molar-refractivity contribution in [2.75, 3.05) is 0 Å². The molecule has 0 heterocycles. The molecule has 0 aromatic carbocycles. The van der Waals surface area contributed by atoms with Crippen LogP contribution < -0.4 is 5.73 Å². The summed E-state index contributed by atoms with van der Waals surface area (Å²) in [4.78, 5) is 0. The van der Waals surface area contributed by atoms with Crippen molar-refractivity contribution in [1.82, 2.24) is 0 Å². The van der Waals surface area contributed by atoms with Crippen LogP contribution in [0.5, 0.6) is 0 Å². The van der Waals surface area contributed by atoms with Gasteiger partial charge in [0.25, 0.3) is 0 Å². The molecule has 0 fully saturated rings. The van der Waals surface area contributed by atoms with Gasteiger partial charge in [-0.1, -0.05) is 20.8 Å². The van der Waals surface area contributed by atoms with Crippen molar-refractivity contribution in [3.8, 4) is 0 Å². The lowest BCUT2D eigenvalue weighted by molar-refractivity contribution is 0.108. The summed E-state index contributed by atoms with van der Waals surface area (Å²) >= 11 is 0. The highest BCUT2D eigenvalue weighted by Gasteiger charge is 2.24. The first-order chi connectivity index (χ1) is 3.85. The summed E-state index contributed by atoms with van der Waals surface area (Å²) in [6.45, 7) is 7.77. The van der Waals surface area contributed by atoms with Gasteiger partial charge in [0.15, 0.2) is 0 Å². The normalized spacial score (nSPS) is 19.3. The minimum Gasteiger partial charge on any atom is -0.392 e. The molecular formula is C7H17NO. The van der Waals surface area contributed by atoms with E-state index in [1.807, 2.05) is 20.8 Å². The van der Waals surface area contributed by atoms with Crippen LogP contribution in [-0.4, -0.2) is 17.3 Å². The molecule has 2 nitrogen and oxygen atoms in total. The van der Waals surface area contributed by atoms with Crippen molar-refractivity contribution in [2.24, 2.45) is 11.1 Å². The van der Waals surface area contributed by atoms with Gasteiger partial charge in [0.05, 0.1) is 6.10 Å². The molecule has 0 aliphatic heterocycles. The summed E-state index contributed by atoms with van der Waals surface area (Å²) in [5.41, 5.74) is 5.65. The minimum absolute atomic E-state index is 0.00810. The highest BCUT2D eigenvalue weighted by atomic mass is 16.3. The Morgan fingerprint density at radius 1 is 1.33 bits per heavy atom. The Kier molecular flexibility index (Phi) is 2.65. The second-order valence-corrected chi connectivity index (χ2v) is 3.63. The van der Waals surface area contributed by atoms with E-state index in [2.05, 4.69) is 0 Å². The lowest BCUT2D eigenvalue weighted by atomic mass is 9.85. The molecule has 0 unspecified atom stereocenters. The summed E-state index contributed by atoms with van der Waals surface area (Å²) in [6.07, 6.45) is -0.412. The van der Waals surface area contributed by atoms with E-state index in [4.69, 9.17) is 10.8 Å². The molecule has 2 atom stereocenters. The van der Waals surface area contributed by atoms with Gasteiger partial charge in [0.1, 0.15) is 0 Å². The maximum atomic E-state index is 9.03. The Morgan fingerprint density at radius 3 is 1.67 bits per heavy atom. The van der Waals surface area contributed by atoms with Crippen LogP contribution in [0.1, 0.15) is 27.7 Å². The molecule has 0 aliphatic rings. The van der Waals surface area contributed by atoms with E-state index in [9.17, 15) is 0 Å². The van der Waals surface area contributed by atoms with E-state index in [0.29, 0.717) is 0 Å². The topological polar surface area (TPSA) is 46.2 Å². The van der Waals surface area contributed by atoms with Gasteiger partial charge in [-0.3, -0.25) is 0 Å². The average Bonchev–Trinajstić information content (AvgIpc) is 1.62. The molecule has 3 N–H and O–H groups in total. The third-order valence-corrected chi connectivity index (χ3v) is 1.52. The van der Waals surface area contributed by atoms with Gasteiger partial charge in [0.2, 0.25) is 0 Å². The third-order valence-electron chi connectivity index (χ3n) is 1.52. The summed E-state index contributed by atoms with van der Waals surface area (Å²) in [6, 6.07) is -0.127. The quantitative estimate of drug-likeness (QED) is 0.551. The fourth-order valence-corrected chi connectivity index (χ4v) is 0.724. The molecule has 0 bridgehead atoms. The highest BCUT2D eigenvalue weighted by molar-refractivity contribution is 4.80. The van der Waals surface area contributed by atoms with E-state index in [0.717, 1.165) is 0 Å². The number of hydrogen-bond donors (Lipinski definition) is 2. The van der Waals surface area contributed by atoms with E-state index in [1.54, 1.807) is 6.92 Å². The first-order valence-electron chi connectivity index (χ1n) is 3.29. The molecule has 0 rings (SSSR count). The molecule has 0 amide bonds. The molecule has 0 radical (unpaired) electrons. The number of aliphatic hydroxyl groups is 1. The van der Waals surface area contributed by atoms with Crippen molar-refractivity contribution in [2.45, 2.75) is 39.8 Å². The Balaban J connectivity index is 3.88. The zero-order chi connectivity index (χ0) is 7.65. The summed E-state index contributed by atoms with van der Waals surface area (Å²) in [5.74, 6) is 0. The minimum atomic E-state index is -0.412. The van der Waals surface area contributed by atoms with Crippen molar-refractivity contribution >= 4 is 0 Å². The van der Waals surface area contributed by atoms with Gasteiger partial charge in [-0.15, -0.1) is 0 Å². The van der Waals surface area contributed by atoms with Crippen LogP contribution in [0.15, 0.2) is 0 Å². The van der Waals surface area contributed by atoms with Crippen molar-refractivity contribution in [3.05, 3.63) is 0 Å². The van der Waals surface area contributed by atoms with Gasteiger partial charge in [-0.25, -0.2) is 0 Å². The van der Waals surface area contributed by atoms with Crippen LogP contribution in [0, 0.1) is 5.41 Å². The summed E-state index contributed by atoms with van der Waals surface area (Å²) in [7, 11) is 0. The number of aliphatic hydroxyl groups excluding tert-OH is 1. The monoisotopic (exact) mass is 131 g/mol. The van der Waals surface area contributed by atoms with Crippen LogP contribution in [0.25, 0.3) is 0 Å². The Hall–Kier alpha value is -0.0800. The Bertz CT molecular complexity index is 83.4. The SMILES string of the molecule is C[C@H](O)[C@H](N)C(C)(C)C. The molecule has 2 heteroatoms. The zero-order valence-corrected chi connectivity index (χ0v) is 6.68. The lowest BCUT2D eigenvalue weighted by Gasteiger charge is -2.29. The number of nitrogens with two attached hydrogens (primary N) is 1. The first kappa shape index (κ1) is 8.92. The van der Waals surface area contributed by atoms with Crippen LogP contribution in [-0.2, 0) is 0 Å². The smallest absolute Gasteiger partial charge is 0.0668 e. The van der Waals surface area contributed by atoms with Crippen molar-refractivity contribution < 1.29 is 5.11 Å². The molecule has 0 saturated heterocycles. The van der Waals surface area contributed by atoms with Gasteiger partial charge in [-0.05, 0) is 12.3 Å². The molecule has 0 aromatic heterocycles. The number of hydrogen-bond acceptors (Lipinski definition) is 2. The second kappa shape index (κ2) is 2.67. The molecular weight excluding hydrogens is 114 g/mol. The second-order valence-electron chi connectivity index (χ2n) is 3.63. The van der Waals surface area contributed by atoms with Crippen LogP contribution >= 0.6 is 0 Å². The third kappa shape index (κ3) is 2.82. The van der Waals surface area contributed by atoms with E-state index in [-0.39, 0.29) is 11.5 Å². The first-order valence-corrected chi connectivity index (χ1v) is 3.29. The fraction of sp³-hybridized carbons (Fsp3) is 1.00. The van der Waals surface area contributed by atoms with Crippen LogP contribution in [0.4, 0.5) is 0 Å². The highest BCUT2D eigenvalue weighted by Crippen LogP contribution is 2.19. The maximum Gasteiger partial charge on any atom is 0.0668 e. The van der Waals surface area contributed by atoms with Crippen LogP contribution in [0.3, 0.4) is 0 Å². The van der Waals surface area contributed by atoms with Crippen LogP contribution in [0.2, 0.25) is 0 Å². The molecule has 0 aromatic rings. The zero-order valence-electron chi connectivity index (χ0n) is 6.68. The van der Waals surface area contributed by atoms with E-state index < -0.39 is 6.10 Å². The molecule has 9 heavy (non-hydrogen) atoms. The predicted octanol–water partition coefficient (Wildman–Crippen LogP) is 0.741. The standard InChI is InChI=1S/C7H17NO/c1-5(9)6(8)7(2,3)4/h5-6,9H,8H2,1-4H3/t5-,6-/m0/s1. The largest absolute Gasteiger partial charge is 0.392 e. The summed E-state index contributed by atoms with van der Waals surface area (Å²) in [5, 5.41) is 9.03. The molecule has 56 valence electrons. The van der Waals surface area contributed by atoms with Crippen molar-refractivity contribution in [3.63, 3.8) is 0 Å². The Labute approximate surface area is 57.1 Å². The fourth-order valence-electron chi connectivity index (χ4n) is 0.724. The number of rotatable bonds is 1. The van der Waals surface area contributed by atoms with Gasteiger partial charge in [0, 0.05) is 6.04 Å². The average molecular weight is 131 g/mol. The molecule has 0 spiro atoms. The van der Waals surface area contributed by atoms with Crippen molar-refractivity contribution in [1.29, 1.82) is 0 Å². The van der Waals surface area contributed by atoms with Gasteiger partial charge < -0.3 is 10.8 Å². The van der Waals surface area contributed by atoms with Gasteiger partial charge in [-0.2, -0.15) is 0 Å². The van der Waals surface area contributed by atoms with Gasteiger partial charge >= 0.3 is 0 Å². The van der Waals surface area contributed by atoms with E-state index >= 15 is 0 Å². The molecule has 0 aliphatic carbocycles. The Morgan fingerprint density at radius 2 is 1.67 bits per heavy atom. The molecule has 0 saturated carbocycles.